The number of amides is 1. The lowest BCUT2D eigenvalue weighted by Gasteiger charge is -2.15. The van der Waals surface area contributed by atoms with Gasteiger partial charge in [-0.2, -0.15) is 5.10 Å². The molecule has 2 heterocycles. The molecule has 0 spiro atoms. The van der Waals surface area contributed by atoms with Gasteiger partial charge in [-0.15, -0.1) is 10.2 Å². The molecule has 0 aliphatic carbocycles. The lowest BCUT2D eigenvalue weighted by molar-refractivity contribution is -0.132. The molecule has 0 unspecified atom stereocenters. The normalized spacial score (nSPS) is 14.3. The van der Waals surface area contributed by atoms with E-state index in [1.807, 2.05) is 24.0 Å². The molecule has 1 saturated heterocycles. The van der Waals surface area contributed by atoms with Crippen LogP contribution in [-0.2, 0) is 4.79 Å². The van der Waals surface area contributed by atoms with Crippen LogP contribution in [0.2, 0.25) is 0 Å². The molecule has 9 nitrogen and oxygen atoms in total. The van der Waals surface area contributed by atoms with E-state index >= 15 is 0 Å². The summed E-state index contributed by atoms with van der Waals surface area (Å²) in [6.07, 6.45) is 2.13. The van der Waals surface area contributed by atoms with Crippen molar-refractivity contribution < 1.29 is 9.53 Å². The van der Waals surface area contributed by atoms with Crippen LogP contribution in [0, 0.1) is 6.92 Å². The monoisotopic (exact) mass is 370 g/mol. The van der Waals surface area contributed by atoms with Crippen molar-refractivity contribution in [3.63, 3.8) is 0 Å². The van der Waals surface area contributed by atoms with Gasteiger partial charge in [-0.1, -0.05) is 0 Å². The minimum absolute atomic E-state index is 0.0201. The van der Waals surface area contributed by atoms with Crippen molar-refractivity contribution in [1.29, 1.82) is 0 Å². The molecule has 1 amide bonds. The quantitative estimate of drug-likeness (QED) is 0.586. The maximum absolute atomic E-state index is 12.0. The zero-order valence-corrected chi connectivity index (χ0v) is 15.4. The Hall–Kier alpha value is -3.23. The van der Waals surface area contributed by atoms with Gasteiger partial charge in [0.05, 0.1) is 5.71 Å². The fraction of sp³-hybridized carbons (Fsp3) is 0.389. The smallest absolute Gasteiger partial charge is 0.274 e. The van der Waals surface area contributed by atoms with E-state index in [1.54, 1.807) is 19.1 Å². The van der Waals surface area contributed by atoms with Crippen molar-refractivity contribution in [3.8, 4) is 5.75 Å². The number of hydrazone groups is 1. The number of nitrogens with zero attached hydrogens (tertiary/aromatic N) is 4. The van der Waals surface area contributed by atoms with Crippen LogP contribution in [0.3, 0.4) is 0 Å². The predicted molar refractivity (Wildman–Crippen MR) is 101 cm³/mol. The Morgan fingerprint density at radius 1 is 1.26 bits per heavy atom. The lowest BCUT2D eigenvalue weighted by atomic mass is 10.1. The molecule has 9 heteroatoms. The molecule has 1 aliphatic rings. The number of aromatic nitrogens is 3. The number of H-pyrrole nitrogens is 1. The first-order valence-electron chi connectivity index (χ1n) is 8.78. The van der Waals surface area contributed by atoms with Gasteiger partial charge in [-0.05, 0) is 56.5 Å². The van der Waals surface area contributed by atoms with Gasteiger partial charge in [0.1, 0.15) is 11.4 Å². The van der Waals surface area contributed by atoms with Gasteiger partial charge in [0.25, 0.3) is 11.5 Å². The van der Waals surface area contributed by atoms with E-state index in [9.17, 15) is 9.59 Å². The zero-order valence-electron chi connectivity index (χ0n) is 15.4. The molecule has 142 valence electrons. The van der Waals surface area contributed by atoms with Gasteiger partial charge in [0, 0.05) is 13.1 Å². The largest absolute Gasteiger partial charge is 0.484 e. The summed E-state index contributed by atoms with van der Waals surface area (Å²) in [7, 11) is 0. The van der Waals surface area contributed by atoms with Crippen molar-refractivity contribution >= 4 is 17.6 Å². The summed E-state index contributed by atoms with van der Waals surface area (Å²) in [4.78, 5) is 27.9. The minimum Gasteiger partial charge on any atom is -0.484 e. The summed E-state index contributed by atoms with van der Waals surface area (Å²) in [5.41, 5.74) is 4.21. The van der Waals surface area contributed by atoms with Crippen LogP contribution >= 0.6 is 0 Å². The van der Waals surface area contributed by atoms with E-state index in [4.69, 9.17) is 4.74 Å². The van der Waals surface area contributed by atoms with E-state index in [-0.39, 0.29) is 24.0 Å². The Morgan fingerprint density at radius 3 is 2.63 bits per heavy atom. The highest BCUT2D eigenvalue weighted by atomic mass is 16.5. The molecule has 0 bridgehead atoms. The van der Waals surface area contributed by atoms with Gasteiger partial charge in [-0.25, -0.2) is 5.43 Å². The van der Waals surface area contributed by atoms with E-state index < -0.39 is 0 Å². The summed E-state index contributed by atoms with van der Waals surface area (Å²) in [5.74, 6) is 0.817. The molecule has 0 atom stereocenters. The van der Waals surface area contributed by atoms with Gasteiger partial charge in [0.15, 0.2) is 6.61 Å². The molecule has 1 fully saturated rings. The van der Waals surface area contributed by atoms with Crippen molar-refractivity contribution in [2.45, 2.75) is 26.7 Å². The molecule has 1 aromatic heterocycles. The second kappa shape index (κ2) is 8.43. The van der Waals surface area contributed by atoms with Crippen molar-refractivity contribution in [1.82, 2.24) is 20.1 Å². The van der Waals surface area contributed by atoms with E-state index in [0.29, 0.717) is 17.2 Å². The third-order valence-electron chi connectivity index (χ3n) is 4.28. The standard InChI is InChI=1S/C18H22N6O3/c1-12(20-22-18-19-17(26)13(2)21-23-18)14-5-7-15(8-6-14)27-11-16(25)24-9-3-4-10-24/h5-8H,3-4,9-11H2,1-2H3,(H2,19,22,23,26)/b20-12-. The Bertz CT molecular complexity index is 885. The molecular formula is C18H22N6O3. The molecule has 1 aromatic carbocycles. The number of aromatic amines is 1. The third kappa shape index (κ3) is 4.90. The molecule has 0 radical (unpaired) electrons. The maximum atomic E-state index is 12.0. The number of ether oxygens (including phenoxy) is 1. The van der Waals surface area contributed by atoms with Crippen LogP contribution in [0.1, 0.15) is 31.0 Å². The first-order valence-corrected chi connectivity index (χ1v) is 8.78. The molecule has 2 aromatic rings. The van der Waals surface area contributed by atoms with Crippen LogP contribution in [0.4, 0.5) is 5.95 Å². The summed E-state index contributed by atoms with van der Waals surface area (Å²) < 4.78 is 5.56. The lowest BCUT2D eigenvalue weighted by Crippen LogP contribution is -2.32. The topological polar surface area (TPSA) is 113 Å². The van der Waals surface area contributed by atoms with Crippen molar-refractivity contribution in [2.24, 2.45) is 5.10 Å². The SMILES string of the molecule is C/C(=N/Nc1nnc(C)c(=O)[nH]1)c1ccc(OCC(=O)N2CCCC2)cc1. The summed E-state index contributed by atoms with van der Waals surface area (Å²) in [6, 6.07) is 7.28. The number of nitrogens with one attached hydrogen (secondary N) is 2. The van der Waals surface area contributed by atoms with Gasteiger partial charge in [0.2, 0.25) is 5.95 Å². The van der Waals surface area contributed by atoms with Crippen molar-refractivity contribution in [3.05, 3.63) is 45.9 Å². The molecule has 27 heavy (non-hydrogen) atoms. The number of benzene rings is 1. The van der Waals surface area contributed by atoms with Crippen molar-refractivity contribution in [2.75, 3.05) is 25.1 Å². The van der Waals surface area contributed by atoms with Gasteiger partial charge >= 0.3 is 0 Å². The summed E-state index contributed by atoms with van der Waals surface area (Å²) in [6.45, 7) is 5.08. The number of likely N-dealkylation sites (tertiary alicyclic amines) is 1. The second-order valence-electron chi connectivity index (χ2n) is 6.30. The van der Waals surface area contributed by atoms with Crippen LogP contribution in [0.5, 0.6) is 5.75 Å². The average molecular weight is 370 g/mol. The number of carbonyl (C=O) groups excluding carboxylic acids is 1. The van der Waals surface area contributed by atoms with Crippen LogP contribution < -0.4 is 15.7 Å². The number of aryl methyl sites for hydroxylation is 1. The van der Waals surface area contributed by atoms with Gasteiger partial charge < -0.3 is 9.64 Å². The number of anilines is 1. The fourth-order valence-corrected chi connectivity index (χ4v) is 2.64. The maximum Gasteiger partial charge on any atom is 0.274 e. The Labute approximate surface area is 156 Å². The second-order valence-corrected chi connectivity index (χ2v) is 6.30. The molecule has 1 aliphatic heterocycles. The van der Waals surface area contributed by atoms with Crippen LogP contribution in [-0.4, -0.2) is 51.4 Å². The van der Waals surface area contributed by atoms with Crippen LogP contribution in [0.15, 0.2) is 34.2 Å². The Balaban J connectivity index is 1.56. The van der Waals surface area contributed by atoms with E-state index in [2.05, 4.69) is 25.7 Å². The van der Waals surface area contributed by atoms with Crippen LogP contribution in [0.25, 0.3) is 0 Å². The zero-order chi connectivity index (χ0) is 19.2. The van der Waals surface area contributed by atoms with E-state index in [1.165, 1.54) is 0 Å². The fourth-order valence-electron chi connectivity index (χ4n) is 2.64. The molecule has 0 saturated carbocycles. The Kier molecular flexibility index (Phi) is 5.80. The first-order chi connectivity index (χ1) is 13.0. The number of hydrogen-bond acceptors (Lipinski definition) is 7. The highest BCUT2D eigenvalue weighted by Crippen LogP contribution is 2.14. The van der Waals surface area contributed by atoms with E-state index in [0.717, 1.165) is 31.5 Å². The Morgan fingerprint density at radius 2 is 1.96 bits per heavy atom. The highest BCUT2D eigenvalue weighted by molar-refractivity contribution is 5.99. The number of rotatable bonds is 6. The molecule has 3 rings (SSSR count). The molecular weight excluding hydrogens is 348 g/mol. The highest BCUT2D eigenvalue weighted by Gasteiger charge is 2.18. The average Bonchev–Trinajstić information content (AvgIpc) is 3.22. The number of carbonyl (C=O) groups is 1. The minimum atomic E-state index is -0.315. The molecule has 2 N–H and O–H groups in total. The third-order valence-corrected chi connectivity index (χ3v) is 4.28. The summed E-state index contributed by atoms with van der Waals surface area (Å²) >= 11 is 0. The number of hydrogen-bond donors (Lipinski definition) is 2. The summed E-state index contributed by atoms with van der Waals surface area (Å²) in [5, 5.41) is 11.7. The first kappa shape index (κ1) is 18.6. The predicted octanol–water partition coefficient (Wildman–Crippen LogP) is 1.31. The van der Waals surface area contributed by atoms with Gasteiger partial charge in [-0.3, -0.25) is 14.6 Å².